The summed E-state index contributed by atoms with van der Waals surface area (Å²) in [5.41, 5.74) is 5.97. The van der Waals surface area contributed by atoms with Crippen molar-refractivity contribution in [2.24, 2.45) is 0 Å². The van der Waals surface area contributed by atoms with Crippen molar-refractivity contribution < 1.29 is 10.0 Å². The Bertz CT molecular complexity index is 605. The minimum Gasteiger partial charge on any atom is -0.394 e. The number of aliphatic hydroxyl groups is 1. The summed E-state index contributed by atoms with van der Waals surface area (Å²) in [6.07, 6.45) is 1.03. The predicted octanol–water partition coefficient (Wildman–Crippen LogP) is 1.11. The second-order valence-corrected chi connectivity index (χ2v) is 4.01. The Morgan fingerprint density at radius 1 is 1.40 bits per heavy atom. The molecule has 1 aromatic heterocycles. The average Bonchev–Trinajstić information content (AvgIpc) is 2.45. The summed E-state index contributed by atoms with van der Waals surface area (Å²) < 4.78 is 0. The number of benzene rings is 1. The summed E-state index contributed by atoms with van der Waals surface area (Å²) in [5, 5.41) is 22.9. The number of nitrogens with two attached hydrogens (primary N) is 1. The van der Waals surface area contributed by atoms with E-state index in [1.54, 1.807) is 0 Å². The van der Waals surface area contributed by atoms with Gasteiger partial charge in [0.25, 0.3) is 0 Å². The van der Waals surface area contributed by atoms with Crippen molar-refractivity contribution in [3.63, 3.8) is 0 Å². The van der Waals surface area contributed by atoms with Crippen molar-refractivity contribution in [3.05, 3.63) is 52.2 Å². The van der Waals surface area contributed by atoms with Crippen LogP contribution < -0.4 is 11.1 Å². The van der Waals surface area contributed by atoms with E-state index < -0.39 is 11.0 Å². The molecule has 1 atom stereocenters. The highest BCUT2D eigenvalue weighted by Gasteiger charge is 2.16. The van der Waals surface area contributed by atoms with Gasteiger partial charge in [-0.25, -0.2) is 4.98 Å². The fraction of sp³-hybridized carbons (Fsp3) is 0.167. The zero-order valence-electron chi connectivity index (χ0n) is 10.4. The number of nitrogens with zero attached hydrogens (tertiary/aromatic N) is 3. The van der Waals surface area contributed by atoms with Gasteiger partial charge in [-0.15, -0.1) is 0 Å². The quantitative estimate of drug-likeness (QED) is 0.551. The van der Waals surface area contributed by atoms with Crippen LogP contribution in [0.15, 0.2) is 36.5 Å². The summed E-state index contributed by atoms with van der Waals surface area (Å²) in [7, 11) is 0. The van der Waals surface area contributed by atoms with E-state index in [1.807, 2.05) is 30.3 Å². The number of nitro groups is 1. The lowest BCUT2D eigenvalue weighted by Crippen LogP contribution is -2.17. The van der Waals surface area contributed by atoms with E-state index in [2.05, 4.69) is 15.3 Å². The summed E-state index contributed by atoms with van der Waals surface area (Å²) >= 11 is 0. The van der Waals surface area contributed by atoms with Gasteiger partial charge in [0, 0.05) is 0 Å². The van der Waals surface area contributed by atoms with Crippen molar-refractivity contribution in [1.29, 1.82) is 0 Å². The number of hydrogen-bond donors (Lipinski definition) is 3. The SMILES string of the molecule is Nc1nc(NC(CO)c2ccccc2)ncc1[N+](=O)[O-]. The van der Waals surface area contributed by atoms with Crippen molar-refractivity contribution >= 4 is 17.5 Å². The third kappa shape index (κ3) is 2.98. The van der Waals surface area contributed by atoms with Gasteiger partial charge in [-0.2, -0.15) is 4.98 Å². The van der Waals surface area contributed by atoms with Crippen molar-refractivity contribution in [2.75, 3.05) is 17.7 Å². The molecule has 20 heavy (non-hydrogen) atoms. The van der Waals surface area contributed by atoms with Crippen LogP contribution in [0.5, 0.6) is 0 Å². The molecule has 1 aromatic carbocycles. The monoisotopic (exact) mass is 275 g/mol. The van der Waals surface area contributed by atoms with Crippen LogP contribution in [0, 0.1) is 10.1 Å². The minimum atomic E-state index is -0.653. The lowest BCUT2D eigenvalue weighted by atomic mass is 10.1. The molecular weight excluding hydrogens is 262 g/mol. The molecule has 0 aliphatic carbocycles. The fourth-order valence-corrected chi connectivity index (χ4v) is 1.67. The van der Waals surface area contributed by atoms with Gasteiger partial charge in [-0.05, 0) is 5.56 Å². The molecule has 2 aromatic rings. The molecule has 1 unspecified atom stereocenters. The maximum atomic E-state index is 10.6. The molecule has 0 spiro atoms. The van der Waals surface area contributed by atoms with Crippen LogP contribution in [-0.2, 0) is 0 Å². The normalized spacial score (nSPS) is 11.8. The summed E-state index contributed by atoms with van der Waals surface area (Å²) in [6, 6.07) is 8.79. The lowest BCUT2D eigenvalue weighted by Gasteiger charge is -2.16. The Morgan fingerprint density at radius 2 is 2.10 bits per heavy atom. The van der Waals surface area contributed by atoms with Crippen LogP contribution in [0.25, 0.3) is 0 Å². The first-order valence-electron chi connectivity index (χ1n) is 5.81. The topological polar surface area (TPSA) is 127 Å². The molecular formula is C12H13N5O3. The molecule has 4 N–H and O–H groups in total. The van der Waals surface area contributed by atoms with Crippen LogP contribution in [0.4, 0.5) is 17.5 Å². The van der Waals surface area contributed by atoms with E-state index in [0.29, 0.717) is 0 Å². The second-order valence-electron chi connectivity index (χ2n) is 4.01. The molecule has 0 fully saturated rings. The number of aromatic nitrogens is 2. The highest BCUT2D eigenvalue weighted by atomic mass is 16.6. The Labute approximate surface area is 114 Å². The van der Waals surface area contributed by atoms with Crippen LogP contribution in [0.3, 0.4) is 0 Å². The van der Waals surface area contributed by atoms with E-state index in [4.69, 9.17) is 5.73 Å². The van der Waals surface area contributed by atoms with Crippen molar-refractivity contribution in [2.45, 2.75) is 6.04 Å². The first-order valence-corrected chi connectivity index (χ1v) is 5.81. The molecule has 1 heterocycles. The van der Waals surface area contributed by atoms with Crippen LogP contribution in [0.2, 0.25) is 0 Å². The van der Waals surface area contributed by atoms with Gasteiger partial charge in [0.2, 0.25) is 11.8 Å². The molecule has 0 bridgehead atoms. The van der Waals surface area contributed by atoms with Crippen LogP contribution in [0.1, 0.15) is 11.6 Å². The van der Waals surface area contributed by atoms with E-state index in [-0.39, 0.29) is 24.1 Å². The first-order chi connectivity index (χ1) is 9.61. The number of rotatable bonds is 5. The first kappa shape index (κ1) is 13.7. The van der Waals surface area contributed by atoms with Gasteiger partial charge in [0.15, 0.2) is 0 Å². The van der Waals surface area contributed by atoms with E-state index in [0.717, 1.165) is 11.8 Å². The maximum Gasteiger partial charge on any atom is 0.329 e. The summed E-state index contributed by atoms with van der Waals surface area (Å²) in [4.78, 5) is 17.6. The summed E-state index contributed by atoms with van der Waals surface area (Å²) in [6.45, 7) is -0.176. The Morgan fingerprint density at radius 3 is 2.65 bits per heavy atom. The Hall–Kier alpha value is -2.74. The fourth-order valence-electron chi connectivity index (χ4n) is 1.67. The van der Waals surface area contributed by atoms with Crippen LogP contribution in [-0.4, -0.2) is 26.6 Å². The van der Waals surface area contributed by atoms with E-state index >= 15 is 0 Å². The second kappa shape index (κ2) is 5.93. The highest BCUT2D eigenvalue weighted by Crippen LogP contribution is 2.21. The average molecular weight is 275 g/mol. The number of nitrogens with one attached hydrogen (secondary N) is 1. The van der Waals surface area contributed by atoms with E-state index in [9.17, 15) is 15.2 Å². The molecule has 0 radical (unpaired) electrons. The number of nitrogen functional groups attached to an aromatic ring is 1. The highest BCUT2D eigenvalue weighted by molar-refractivity contribution is 5.53. The minimum absolute atomic E-state index is 0.121. The molecule has 8 heteroatoms. The number of aliphatic hydroxyl groups excluding tert-OH is 1. The molecule has 0 aliphatic heterocycles. The van der Waals surface area contributed by atoms with E-state index in [1.165, 1.54) is 0 Å². The largest absolute Gasteiger partial charge is 0.394 e. The smallest absolute Gasteiger partial charge is 0.329 e. The third-order valence-electron chi connectivity index (χ3n) is 2.68. The zero-order valence-corrected chi connectivity index (χ0v) is 10.4. The standard InChI is InChI=1S/C12H13N5O3/c13-11-10(17(19)20)6-14-12(16-11)15-9(7-18)8-4-2-1-3-5-8/h1-6,9,18H,7H2,(H3,13,14,15,16). The van der Waals surface area contributed by atoms with Crippen molar-refractivity contribution in [3.8, 4) is 0 Å². The van der Waals surface area contributed by atoms with Gasteiger partial charge >= 0.3 is 5.69 Å². The van der Waals surface area contributed by atoms with Gasteiger partial charge in [0.1, 0.15) is 6.20 Å². The third-order valence-corrected chi connectivity index (χ3v) is 2.68. The Kier molecular flexibility index (Phi) is 4.06. The molecule has 104 valence electrons. The molecule has 0 saturated carbocycles. The van der Waals surface area contributed by atoms with Gasteiger partial charge in [-0.3, -0.25) is 10.1 Å². The number of hydrogen-bond acceptors (Lipinski definition) is 7. The van der Waals surface area contributed by atoms with Gasteiger partial charge < -0.3 is 16.2 Å². The van der Waals surface area contributed by atoms with Gasteiger partial charge in [-0.1, -0.05) is 30.3 Å². The maximum absolute atomic E-state index is 10.6. The molecule has 0 saturated heterocycles. The zero-order chi connectivity index (χ0) is 14.5. The molecule has 2 rings (SSSR count). The molecule has 0 aliphatic rings. The number of anilines is 2. The van der Waals surface area contributed by atoms with Gasteiger partial charge in [0.05, 0.1) is 17.6 Å². The van der Waals surface area contributed by atoms with Crippen LogP contribution >= 0.6 is 0 Å². The molecule has 0 amide bonds. The summed E-state index contributed by atoms with van der Waals surface area (Å²) in [5.74, 6) is -0.103. The molecule has 8 nitrogen and oxygen atoms in total. The van der Waals surface area contributed by atoms with Crippen molar-refractivity contribution in [1.82, 2.24) is 9.97 Å². The lowest BCUT2D eigenvalue weighted by molar-refractivity contribution is -0.384. The Balaban J connectivity index is 2.20. The predicted molar refractivity (Wildman–Crippen MR) is 73.0 cm³/mol.